The van der Waals surface area contributed by atoms with Crippen molar-refractivity contribution < 1.29 is 0 Å². The van der Waals surface area contributed by atoms with Gasteiger partial charge in [0.15, 0.2) is 0 Å². The Labute approximate surface area is 83.8 Å². The molecule has 1 aromatic rings. The Balaban J connectivity index is 0.000000292. The van der Waals surface area contributed by atoms with Crippen molar-refractivity contribution in [2.45, 2.75) is 0 Å². The van der Waals surface area contributed by atoms with Crippen LogP contribution in [0.1, 0.15) is 0 Å². The maximum Gasteiger partial charge on any atom is 0.123 e. The molecule has 0 aliphatic carbocycles. The molecule has 62 valence electrons. The third-order valence-electron chi connectivity index (χ3n) is 0.750. The Morgan fingerprint density at radius 1 is 1.45 bits per heavy atom. The summed E-state index contributed by atoms with van der Waals surface area (Å²) >= 11 is 12.8. The topological polar surface area (TPSA) is 38.9 Å². The van der Waals surface area contributed by atoms with Gasteiger partial charge in [-0.2, -0.15) is 0 Å². The molecule has 0 aliphatic heterocycles. The van der Waals surface area contributed by atoms with E-state index in [4.69, 9.17) is 28.9 Å². The van der Waals surface area contributed by atoms with Crippen LogP contribution in [0.5, 0.6) is 0 Å². The second-order valence-electron chi connectivity index (χ2n) is 1.50. The fourth-order valence-corrected chi connectivity index (χ4v) is 0.622. The van der Waals surface area contributed by atoms with Crippen LogP contribution in [-0.4, -0.2) is 10.3 Å². The molecular weight excluding hydrogens is 251 g/mol. The largest absolute Gasteiger partial charge is 0.384 e. The summed E-state index contributed by atoms with van der Waals surface area (Å²) in [6.45, 7) is 0. The van der Waals surface area contributed by atoms with Gasteiger partial charge in [-0.05, 0) is 28.1 Å². The monoisotopic (exact) mass is 256 g/mol. The van der Waals surface area contributed by atoms with Crippen LogP contribution >= 0.6 is 39.1 Å². The number of pyridine rings is 1. The van der Waals surface area contributed by atoms with E-state index in [1.165, 1.54) is 0 Å². The Morgan fingerprint density at radius 3 is 2.27 bits per heavy atom. The zero-order valence-corrected chi connectivity index (χ0v) is 8.70. The van der Waals surface area contributed by atoms with Crippen LogP contribution in [0.2, 0.25) is 0 Å². The predicted molar refractivity (Wildman–Crippen MR) is 52.9 cm³/mol. The molecular formula is C6H7BrCl2N2. The number of hydrogen-bond donors (Lipinski definition) is 1. The van der Waals surface area contributed by atoms with Crippen LogP contribution in [-0.2, 0) is 0 Å². The first-order valence-corrected chi connectivity index (χ1v) is 4.56. The SMILES string of the molecule is ClCCl.Nc1ccc(Br)cn1. The van der Waals surface area contributed by atoms with Crippen molar-refractivity contribution in [2.24, 2.45) is 0 Å². The number of nitrogens with zero attached hydrogens (tertiary/aromatic N) is 1. The average molecular weight is 258 g/mol. The Bertz CT molecular complexity index is 169. The smallest absolute Gasteiger partial charge is 0.123 e. The van der Waals surface area contributed by atoms with Gasteiger partial charge in [-0.1, -0.05) is 0 Å². The third-order valence-corrected chi connectivity index (χ3v) is 1.22. The minimum Gasteiger partial charge on any atom is -0.384 e. The molecule has 0 saturated carbocycles. The number of anilines is 1. The number of nitrogens with two attached hydrogens (primary N) is 1. The van der Waals surface area contributed by atoms with Gasteiger partial charge < -0.3 is 5.73 Å². The molecule has 0 aliphatic rings. The molecule has 0 saturated heterocycles. The van der Waals surface area contributed by atoms with Crippen LogP contribution in [0.15, 0.2) is 22.8 Å². The van der Waals surface area contributed by atoms with E-state index in [9.17, 15) is 0 Å². The zero-order valence-electron chi connectivity index (χ0n) is 5.60. The van der Waals surface area contributed by atoms with Gasteiger partial charge in [0.25, 0.3) is 0 Å². The molecule has 11 heavy (non-hydrogen) atoms. The van der Waals surface area contributed by atoms with Crippen LogP contribution in [0, 0.1) is 0 Å². The number of halogens is 3. The van der Waals surface area contributed by atoms with Gasteiger partial charge in [0.1, 0.15) is 5.82 Å². The second kappa shape index (κ2) is 6.70. The number of nitrogen functional groups attached to an aromatic ring is 1. The summed E-state index contributed by atoms with van der Waals surface area (Å²) in [5.74, 6) is 0.549. The average Bonchev–Trinajstić information content (AvgIpc) is 1.97. The molecule has 0 fully saturated rings. The molecule has 2 N–H and O–H groups in total. The van der Waals surface area contributed by atoms with E-state index < -0.39 is 0 Å². The second-order valence-corrected chi connectivity index (χ2v) is 3.23. The summed E-state index contributed by atoms with van der Waals surface area (Å²) in [5, 5.41) is 0.194. The minimum atomic E-state index is 0.194. The minimum absolute atomic E-state index is 0.194. The standard InChI is InChI=1S/C5H5BrN2.CH2Cl2/c6-4-1-2-5(7)8-3-4;2-1-3/h1-3H,(H2,7,8);1H2. The van der Waals surface area contributed by atoms with Gasteiger partial charge in [-0.3, -0.25) is 0 Å². The molecule has 1 aromatic heterocycles. The molecule has 0 aromatic carbocycles. The molecule has 0 unspecified atom stereocenters. The summed E-state index contributed by atoms with van der Waals surface area (Å²) in [6.07, 6.45) is 1.66. The molecule has 1 rings (SSSR count). The van der Waals surface area contributed by atoms with Crippen LogP contribution in [0.25, 0.3) is 0 Å². The molecule has 5 heteroatoms. The highest BCUT2D eigenvalue weighted by Gasteiger charge is 1.83. The van der Waals surface area contributed by atoms with Crippen LogP contribution in [0.4, 0.5) is 5.82 Å². The summed E-state index contributed by atoms with van der Waals surface area (Å²) in [7, 11) is 0. The highest BCUT2D eigenvalue weighted by molar-refractivity contribution is 9.10. The van der Waals surface area contributed by atoms with E-state index in [1.54, 1.807) is 12.3 Å². The molecule has 0 amide bonds. The van der Waals surface area contributed by atoms with Crippen molar-refractivity contribution in [3.05, 3.63) is 22.8 Å². The van der Waals surface area contributed by atoms with E-state index in [1.807, 2.05) is 6.07 Å². The molecule has 1 heterocycles. The lowest BCUT2D eigenvalue weighted by atomic mass is 10.5. The van der Waals surface area contributed by atoms with Gasteiger partial charge in [0.05, 0.1) is 5.34 Å². The zero-order chi connectivity index (χ0) is 8.69. The maximum absolute atomic E-state index is 5.29. The van der Waals surface area contributed by atoms with Gasteiger partial charge >= 0.3 is 0 Å². The highest BCUT2D eigenvalue weighted by atomic mass is 79.9. The molecule has 2 nitrogen and oxygen atoms in total. The highest BCUT2D eigenvalue weighted by Crippen LogP contribution is 2.07. The summed E-state index contributed by atoms with van der Waals surface area (Å²) in [4.78, 5) is 3.81. The summed E-state index contributed by atoms with van der Waals surface area (Å²) in [6, 6.07) is 3.59. The van der Waals surface area contributed by atoms with Crippen molar-refractivity contribution in [2.75, 3.05) is 11.1 Å². The quantitative estimate of drug-likeness (QED) is 0.726. The first-order chi connectivity index (χ1) is 5.20. The van der Waals surface area contributed by atoms with Gasteiger partial charge in [-0.25, -0.2) is 4.98 Å². The maximum atomic E-state index is 5.29. The first-order valence-electron chi connectivity index (χ1n) is 2.69. The predicted octanol–water partition coefficient (Wildman–Crippen LogP) is 2.85. The lowest BCUT2D eigenvalue weighted by Gasteiger charge is -1.88. The Kier molecular flexibility index (Phi) is 6.71. The van der Waals surface area contributed by atoms with Crippen molar-refractivity contribution in [3.63, 3.8) is 0 Å². The summed E-state index contributed by atoms with van der Waals surface area (Å²) < 4.78 is 0.951. The van der Waals surface area contributed by atoms with Crippen molar-refractivity contribution >= 4 is 44.9 Å². The van der Waals surface area contributed by atoms with E-state index in [-0.39, 0.29) is 5.34 Å². The molecule has 0 atom stereocenters. The van der Waals surface area contributed by atoms with E-state index >= 15 is 0 Å². The van der Waals surface area contributed by atoms with Crippen molar-refractivity contribution in [1.29, 1.82) is 0 Å². The van der Waals surface area contributed by atoms with E-state index in [0.717, 1.165) is 4.47 Å². The lowest BCUT2D eigenvalue weighted by molar-refractivity contribution is 1.32. The van der Waals surface area contributed by atoms with Crippen molar-refractivity contribution in [3.8, 4) is 0 Å². The third kappa shape index (κ3) is 6.41. The van der Waals surface area contributed by atoms with E-state index in [0.29, 0.717) is 5.82 Å². The van der Waals surface area contributed by atoms with Gasteiger partial charge in [0, 0.05) is 10.7 Å². The van der Waals surface area contributed by atoms with Gasteiger partial charge in [0.2, 0.25) is 0 Å². The van der Waals surface area contributed by atoms with Crippen LogP contribution in [0.3, 0.4) is 0 Å². The number of alkyl halides is 2. The number of rotatable bonds is 0. The Hall–Kier alpha value is 0.01000. The molecule has 0 radical (unpaired) electrons. The normalized spacial score (nSPS) is 8.27. The summed E-state index contributed by atoms with van der Waals surface area (Å²) in [5.41, 5.74) is 5.29. The van der Waals surface area contributed by atoms with Crippen molar-refractivity contribution in [1.82, 2.24) is 4.98 Å². The molecule has 0 spiro atoms. The van der Waals surface area contributed by atoms with E-state index in [2.05, 4.69) is 20.9 Å². The lowest BCUT2D eigenvalue weighted by Crippen LogP contribution is -1.86. The number of hydrogen-bond acceptors (Lipinski definition) is 2. The Morgan fingerprint density at radius 2 is 2.00 bits per heavy atom. The molecule has 0 bridgehead atoms. The fourth-order valence-electron chi connectivity index (χ4n) is 0.387. The fraction of sp³-hybridized carbons (Fsp3) is 0.167. The van der Waals surface area contributed by atoms with Gasteiger partial charge in [-0.15, -0.1) is 23.2 Å². The number of aromatic nitrogens is 1. The van der Waals surface area contributed by atoms with Crippen LogP contribution < -0.4 is 5.73 Å². The first kappa shape index (κ1) is 11.0.